The number of benzene rings is 1. The van der Waals surface area contributed by atoms with E-state index in [0.29, 0.717) is 0 Å². The number of aliphatic imine (C=N–C) groups is 1. The minimum Gasteiger partial charge on any atom is -0.252 e. The van der Waals surface area contributed by atoms with Crippen molar-refractivity contribution < 1.29 is 0 Å². The van der Waals surface area contributed by atoms with E-state index in [1.165, 1.54) is 0 Å². The Labute approximate surface area is 93.8 Å². The fourth-order valence-corrected chi connectivity index (χ4v) is 2.32. The standard InChI is InChI=1S/C13H9NS/c15-13-9-5-1-3-7-11(9)14-12-8-4-2-6-10(12)13/h1-9H. The van der Waals surface area contributed by atoms with Gasteiger partial charge in [0.15, 0.2) is 0 Å². The Morgan fingerprint density at radius 1 is 1.13 bits per heavy atom. The first-order valence-electron chi connectivity index (χ1n) is 4.93. The molecule has 1 aliphatic carbocycles. The van der Waals surface area contributed by atoms with Crippen LogP contribution in [0.5, 0.6) is 0 Å². The van der Waals surface area contributed by atoms with Crippen molar-refractivity contribution in [3.05, 3.63) is 54.1 Å². The lowest BCUT2D eigenvalue weighted by atomic mass is 9.88. The average molecular weight is 211 g/mol. The number of hydrogen-bond acceptors (Lipinski definition) is 2. The van der Waals surface area contributed by atoms with Crippen molar-refractivity contribution in [2.45, 2.75) is 0 Å². The predicted octanol–water partition coefficient (Wildman–Crippen LogP) is 3.23. The quantitative estimate of drug-likeness (QED) is 0.600. The molecular formula is C13H9NS. The Hall–Kier alpha value is -1.54. The molecule has 0 amide bonds. The molecule has 2 heteroatoms. The van der Waals surface area contributed by atoms with Crippen LogP contribution in [0.1, 0.15) is 5.56 Å². The largest absolute Gasteiger partial charge is 0.252 e. The van der Waals surface area contributed by atoms with E-state index < -0.39 is 0 Å². The highest BCUT2D eigenvalue weighted by molar-refractivity contribution is 7.81. The molecule has 0 aromatic heterocycles. The molecule has 72 valence electrons. The average Bonchev–Trinajstić information content (AvgIpc) is 2.30. The maximum absolute atomic E-state index is 5.49. The van der Waals surface area contributed by atoms with E-state index >= 15 is 0 Å². The Bertz CT molecular complexity index is 523. The van der Waals surface area contributed by atoms with E-state index in [1.807, 2.05) is 42.5 Å². The van der Waals surface area contributed by atoms with Gasteiger partial charge in [-0.25, -0.2) is 0 Å². The fourth-order valence-electron chi connectivity index (χ4n) is 1.95. The normalized spacial score (nSPS) is 22.0. The monoisotopic (exact) mass is 211 g/mol. The summed E-state index contributed by atoms with van der Waals surface area (Å²) in [6, 6.07) is 8.06. The number of fused-ring (bicyclic) bond motifs is 2. The van der Waals surface area contributed by atoms with Crippen LogP contribution in [0, 0.1) is 5.92 Å². The molecule has 0 fully saturated rings. The van der Waals surface area contributed by atoms with Crippen molar-refractivity contribution in [2.75, 3.05) is 0 Å². The zero-order chi connectivity index (χ0) is 10.3. The molecule has 3 rings (SSSR count). The van der Waals surface area contributed by atoms with Gasteiger partial charge >= 0.3 is 0 Å². The summed E-state index contributed by atoms with van der Waals surface area (Å²) in [5.41, 5.74) is 3.15. The molecule has 0 radical (unpaired) electrons. The number of rotatable bonds is 0. The van der Waals surface area contributed by atoms with Gasteiger partial charge < -0.3 is 0 Å². The molecule has 0 N–H and O–H groups in total. The van der Waals surface area contributed by atoms with Crippen LogP contribution in [-0.4, -0.2) is 10.6 Å². The molecule has 1 atom stereocenters. The molecule has 0 bridgehead atoms. The number of hydrogen-bond donors (Lipinski definition) is 0. The molecule has 1 aliphatic heterocycles. The number of thiocarbonyl (C=S) groups is 1. The third kappa shape index (κ3) is 1.29. The first kappa shape index (κ1) is 8.74. The molecule has 2 aliphatic rings. The number of allylic oxidation sites excluding steroid dienone is 4. The number of nitrogens with zero attached hydrogens (tertiary/aromatic N) is 1. The van der Waals surface area contributed by atoms with Crippen LogP contribution in [0.15, 0.2) is 53.6 Å². The van der Waals surface area contributed by atoms with E-state index in [9.17, 15) is 0 Å². The SMILES string of the molecule is S=C1c2ccccc2N=C2C=CC=CC12. The van der Waals surface area contributed by atoms with Crippen molar-refractivity contribution in [3.8, 4) is 0 Å². The van der Waals surface area contributed by atoms with Gasteiger partial charge in [0.1, 0.15) is 0 Å². The summed E-state index contributed by atoms with van der Waals surface area (Å²) in [5.74, 6) is 0.194. The van der Waals surface area contributed by atoms with Crippen LogP contribution in [0.25, 0.3) is 0 Å². The molecule has 0 saturated heterocycles. The zero-order valence-electron chi connectivity index (χ0n) is 8.05. The van der Waals surface area contributed by atoms with Crippen molar-refractivity contribution in [2.24, 2.45) is 10.9 Å². The molecule has 15 heavy (non-hydrogen) atoms. The first-order valence-corrected chi connectivity index (χ1v) is 5.34. The second kappa shape index (κ2) is 3.24. The van der Waals surface area contributed by atoms with E-state index in [1.54, 1.807) is 0 Å². The van der Waals surface area contributed by atoms with E-state index in [4.69, 9.17) is 12.2 Å². The summed E-state index contributed by atoms with van der Waals surface area (Å²) in [5, 5.41) is 0. The summed E-state index contributed by atoms with van der Waals surface area (Å²) >= 11 is 5.49. The Morgan fingerprint density at radius 3 is 2.93 bits per heavy atom. The molecular weight excluding hydrogens is 202 g/mol. The summed E-state index contributed by atoms with van der Waals surface area (Å²) in [4.78, 5) is 5.59. The van der Waals surface area contributed by atoms with Crippen molar-refractivity contribution in [1.29, 1.82) is 0 Å². The Morgan fingerprint density at radius 2 is 2.00 bits per heavy atom. The van der Waals surface area contributed by atoms with Gasteiger partial charge in [0.25, 0.3) is 0 Å². The van der Waals surface area contributed by atoms with Gasteiger partial charge in [-0.05, 0) is 12.1 Å². The Kier molecular flexibility index (Phi) is 1.89. The minimum absolute atomic E-state index is 0.194. The second-order valence-corrected chi connectivity index (χ2v) is 4.08. The van der Waals surface area contributed by atoms with Crippen molar-refractivity contribution in [1.82, 2.24) is 0 Å². The lowest BCUT2D eigenvalue weighted by molar-refractivity contribution is 1.19. The second-order valence-electron chi connectivity index (χ2n) is 3.64. The topological polar surface area (TPSA) is 12.4 Å². The van der Waals surface area contributed by atoms with Gasteiger partial charge in [-0.3, -0.25) is 4.99 Å². The van der Waals surface area contributed by atoms with Gasteiger partial charge in [0.05, 0.1) is 17.3 Å². The van der Waals surface area contributed by atoms with Gasteiger partial charge in [0.2, 0.25) is 0 Å². The summed E-state index contributed by atoms with van der Waals surface area (Å²) in [6.07, 6.45) is 8.18. The van der Waals surface area contributed by atoms with Gasteiger partial charge in [-0.1, -0.05) is 48.6 Å². The molecule has 1 unspecified atom stereocenters. The molecule has 1 nitrogen and oxygen atoms in total. The maximum atomic E-state index is 5.49. The van der Waals surface area contributed by atoms with Crippen LogP contribution < -0.4 is 0 Å². The smallest absolute Gasteiger partial charge is 0.0717 e. The lowest BCUT2D eigenvalue weighted by Gasteiger charge is -2.23. The third-order valence-electron chi connectivity index (χ3n) is 2.70. The van der Waals surface area contributed by atoms with Crippen LogP contribution in [-0.2, 0) is 0 Å². The molecule has 1 aromatic carbocycles. The van der Waals surface area contributed by atoms with Gasteiger partial charge in [-0.2, -0.15) is 0 Å². The highest BCUT2D eigenvalue weighted by atomic mass is 32.1. The molecule has 1 aromatic rings. The van der Waals surface area contributed by atoms with Crippen molar-refractivity contribution in [3.63, 3.8) is 0 Å². The zero-order valence-corrected chi connectivity index (χ0v) is 8.87. The molecule has 0 saturated carbocycles. The minimum atomic E-state index is 0.194. The van der Waals surface area contributed by atoms with Crippen LogP contribution in [0.3, 0.4) is 0 Å². The predicted molar refractivity (Wildman–Crippen MR) is 67.0 cm³/mol. The third-order valence-corrected chi connectivity index (χ3v) is 3.18. The van der Waals surface area contributed by atoms with Gasteiger partial charge in [-0.15, -0.1) is 0 Å². The molecule has 0 spiro atoms. The van der Waals surface area contributed by atoms with Crippen LogP contribution in [0.2, 0.25) is 0 Å². The van der Waals surface area contributed by atoms with E-state index in [0.717, 1.165) is 21.8 Å². The maximum Gasteiger partial charge on any atom is 0.0717 e. The number of para-hydroxylation sites is 1. The van der Waals surface area contributed by atoms with Gasteiger partial charge in [0, 0.05) is 10.4 Å². The summed E-state index contributed by atoms with van der Waals surface area (Å²) in [7, 11) is 0. The summed E-state index contributed by atoms with van der Waals surface area (Å²) in [6.45, 7) is 0. The highest BCUT2D eigenvalue weighted by Gasteiger charge is 2.25. The Balaban J connectivity index is 2.23. The highest BCUT2D eigenvalue weighted by Crippen LogP contribution is 2.31. The molecule has 1 heterocycles. The first-order chi connectivity index (χ1) is 7.36. The fraction of sp³-hybridized carbons (Fsp3) is 0.0769. The van der Waals surface area contributed by atoms with Crippen LogP contribution >= 0.6 is 12.2 Å². The van der Waals surface area contributed by atoms with E-state index in [-0.39, 0.29) is 5.92 Å². The lowest BCUT2D eigenvalue weighted by Crippen LogP contribution is -2.24. The van der Waals surface area contributed by atoms with Crippen molar-refractivity contribution >= 4 is 28.5 Å². The summed E-state index contributed by atoms with van der Waals surface area (Å²) < 4.78 is 0. The van der Waals surface area contributed by atoms with Crippen LogP contribution in [0.4, 0.5) is 5.69 Å². The van der Waals surface area contributed by atoms with E-state index in [2.05, 4.69) is 11.1 Å².